The quantitative estimate of drug-likeness (QED) is 0.442. The lowest BCUT2D eigenvalue weighted by atomic mass is 10.1. The number of benzene rings is 1. The van der Waals surface area contributed by atoms with E-state index in [-0.39, 0.29) is 9.77 Å². The smallest absolute Gasteiger partial charge is 0.267 e. The Bertz CT molecular complexity index is 1420. The van der Waals surface area contributed by atoms with E-state index in [1.54, 1.807) is 29.3 Å². The van der Waals surface area contributed by atoms with Crippen molar-refractivity contribution in [1.29, 1.82) is 0 Å². The molecule has 5 rings (SSSR count). The molecule has 1 amide bonds. The summed E-state index contributed by atoms with van der Waals surface area (Å²) >= 11 is 2.87. The van der Waals surface area contributed by atoms with E-state index in [2.05, 4.69) is 5.32 Å². The fourth-order valence-electron chi connectivity index (χ4n) is 3.80. The molecular formula is C23H22N4O3S3. The second kappa shape index (κ2) is 8.94. The Morgan fingerprint density at radius 3 is 2.58 bits per heavy atom. The van der Waals surface area contributed by atoms with Crippen molar-refractivity contribution in [2.24, 2.45) is 0 Å². The van der Waals surface area contributed by atoms with E-state index in [0.717, 1.165) is 45.3 Å². The van der Waals surface area contributed by atoms with Crippen molar-refractivity contribution < 1.29 is 13.2 Å². The summed E-state index contributed by atoms with van der Waals surface area (Å²) in [5.74, 6) is 1.11. The Hall–Kier alpha value is -2.66. The van der Waals surface area contributed by atoms with Crippen LogP contribution < -0.4 is 5.32 Å². The van der Waals surface area contributed by atoms with Gasteiger partial charge in [0.25, 0.3) is 5.91 Å². The predicted octanol–water partition coefficient (Wildman–Crippen LogP) is 4.36. The monoisotopic (exact) mass is 498 g/mol. The van der Waals surface area contributed by atoms with Gasteiger partial charge < -0.3 is 9.72 Å². The number of nitrogens with one attached hydrogen (secondary N) is 1. The largest absolute Gasteiger partial charge is 0.321 e. The van der Waals surface area contributed by atoms with Gasteiger partial charge in [-0.2, -0.15) is 16.1 Å². The number of nitrogens with zero attached hydrogens (tertiary/aromatic N) is 3. The van der Waals surface area contributed by atoms with Gasteiger partial charge in [0.2, 0.25) is 10.0 Å². The number of aromatic nitrogens is 2. The van der Waals surface area contributed by atoms with Crippen LogP contribution in [0, 0.1) is 6.92 Å². The van der Waals surface area contributed by atoms with Gasteiger partial charge in [-0.3, -0.25) is 4.79 Å². The number of rotatable bonds is 5. The molecule has 1 aromatic carbocycles. The van der Waals surface area contributed by atoms with Crippen LogP contribution in [0.25, 0.3) is 16.9 Å². The third-order valence-electron chi connectivity index (χ3n) is 5.54. The molecule has 1 aliphatic rings. The Kier molecular flexibility index (Phi) is 6.00. The first-order valence-electron chi connectivity index (χ1n) is 10.4. The van der Waals surface area contributed by atoms with Crippen molar-refractivity contribution in [2.75, 3.05) is 29.9 Å². The lowest BCUT2D eigenvalue weighted by Gasteiger charge is -2.25. The molecule has 170 valence electrons. The van der Waals surface area contributed by atoms with Crippen molar-refractivity contribution in [3.05, 3.63) is 70.7 Å². The van der Waals surface area contributed by atoms with Gasteiger partial charge in [0.15, 0.2) is 0 Å². The third kappa shape index (κ3) is 4.31. The molecule has 7 nitrogen and oxygen atoms in total. The molecule has 0 aliphatic carbocycles. The highest BCUT2D eigenvalue weighted by Gasteiger charge is 2.31. The average molecular weight is 499 g/mol. The topological polar surface area (TPSA) is 83.8 Å². The van der Waals surface area contributed by atoms with Crippen molar-refractivity contribution in [1.82, 2.24) is 13.7 Å². The van der Waals surface area contributed by atoms with E-state index in [9.17, 15) is 13.2 Å². The zero-order chi connectivity index (χ0) is 23.0. The summed E-state index contributed by atoms with van der Waals surface area (Å²) < 4.78 is 29.6. The number of hydrogen-bond acceptors (Lipinski definition) is 6. The number of pyridine rings is 1. The molecule has 3 aromatic heterocycles. The Morgan fingerprint density at radius 2 is 1.85 bits per heavy atom. The van der Waals surface area contributed by atoms with Crippen LogP contribution in [0.3, 0.4) is 0 Å². The first-order valence-corrected chi connectivity index (χ1v) is 13.9. The van der Waals surface area contributed by atoms with Crippen LogP contribution in [0.1, 0.15) is 15.2 Å². The minimum absolute atomic E-state index is 0.0774. The predicted molar refractivity (Wildman–Crippen MR) is 134 cm³/mol. The number of anilines is 1. The average Bonchev–Trinajstić information content (AvgIpc) is 3.49. The number of fused-ring (bicyclic) bond motifs is 1. The molecule has 1 fully saturated rings. The molecule has 1 saturated heterocycles. The van der Waals surface area contributed by atoms with Gasteiger partial charge in [0.1, 0.15) is 15.4 Å². The highest BCUT2D eigenvalue weighted by atomic mass is 32.2. The zero-order valence-corrected chi connectivity index (χ0v) is 20.3. The molecule has 0 bridgehead atoms. The summed E-state index contributed by atoms with van der Waals surface area (Å²) in [6.07, 6.45) is 3.93. The molecule has 0 radical (unpaired) electrons. The number of imidazole rings is 1. The maximum atomic E-state index is 13.1. The Balaban J connectivity index is 1.35. The number of thioether (sulfide) groups is 1. The van der Waals surface area contributed by atoms with Crippen molar-refractivity contribution >= 4 is 50.4 Å². The van der Waals surface area contributed by atoms with E-state index >= 15 is 0 Å². The van der Waals surface area contributed by atoms with E-state index in [0.29, 0.717) is 18.8 Å². The highest BCUT2D eigenvalue weighted by molar-refractivity contribution is 7.99. The van der Waals surface area contributed by atoms with Crippen LogP contribution in [-0.2, 0) is 10.0 Å². The molecule has 10 heteroatoms. The molecule has 4 aromatic rings. The second-order valence-electron chi connectivity index (χ2n) is 7.71. The number of sulfonamides is 1. The van der Waals surface area contributed by atoms with Gasteiger partial charge >= 0.3 is 0 Å². The van der Waals surface area contributed by atoms with Crippen LogP contribution in [0.15, 0.2) is 65.1 Å². The summed E-state index contributed by atoms with van der Waals surface area (Å²) in [6, 6.07) is 12.9. The van der Waals surface area contributed by atoms with E-state index in [1.165, 1.54) is 10.4 Å². The van der Waals surface area contributed by atoms with Crippen LogP contribution in [0.5, 0.6) is 0 Å². The fraction of sp³-hybridized carbons (Fsp3) is 0.217. The molecule has 1 N–H and O–H groups in total. The van der Waals surface area contributed by atoms with Crippen LogP contribution in [0.2, 0.25) is 0 Å². The molecule has 33 heavy (non-hydrogen) atoms. The lowest BCUT2D eigenvalue weighted by molar-refractivity contribution is 0.102. The van der Waals surface area contributed by atoms with Gasteiger partial charge in [-0.1, -0.05) is 18.2 Å². The van der Waals surface area contributed by atoms with Crippen LogP contribution in [0.4, 0.5) is 5.69 Å². The number of carbonyl (C=O) groups is 1. The molecule has 0 unspecified atom stereocenters. The summed E-state index contributed by atoms with van der Waals surface area (Å²) in [5.41, 5.74) is 4.36. The molecule has 4 heterocycles. The minimum atomic E-state index is -3.69. The number of thiophene rings is 1. The Morgan fingerprint density at radius 1 is 1.09 bits per heavy atom. The van der Waals surface area contributed by atoms with Crippen molar-refractivity contribution in [3.8, 4) is 11.3 Å². The standard InChI is InChI=1S/C23H22N4O3S3/c1-16-3-2-9-26-15-19(25-22(16)26)17-4-6-18(7-5-17)24-23(28)21-20(8-12-32-21)33(29,30)27-10-13-31-14-11-27/h2-9,12,15H,10-11,13-14H2,1H3,(H,24,28). The highest BCUT2D eigenvalue weighted by Crippen LogP contribution is 2.28. The summed E-state index contributed by atoms with van der Waals surface area (Å²) in [4.78, 5) is 17.9. The summed E-state index contributed by atoms with van der Waals surface area (Å²) in [7, 11) is -3.69. The Labute approximate surface area is 200 Å². The van der Waals surface area contributed by atoms with Gasteiger partial charge in [-0.05, 0) is 42.1 Å². The SMILES string of the molecule is Cc1cccn2cc(-c3ccc(NC(=O)c4sccc4S(=O)(=O)N4CCSCC4)cc3)nc12. The van der Waals surface area contributed by atoms with Crippen molar-refractivity contribution in [3.63, 3.8) is 0 Å². The fourth-order valence-corrected chi connectivity index (χ4v) is 7.67. The first kappa shape index (κ1) is 22.1. The normalized spacial score (nSPS) is 15.1. The second-order valence-corrected chi connectivity index (χ2v) is 11.8. The van der Waals surface area contributed by atoms with E-state index < -0.39 is 15.9 Å². The van der Waals surface area contributed by atoms with Crippen LogP contribution in [-0.4, -0.2) is 52.6 Å². The van der Waals surface area contributed by atoms with E-state index in [1.807, 2.05) is 48.0 Å². The van der Waals surface area contributed by atoms with Gasteiger partial charge in [0.05, 0.1) is 5.69 Å². The number of carbonyl (C=O) groups excluding carboxylic acids is 1. The van der Waals surface area contributed by atoms with Crippen LogP contribution >= 0.6 is 23.1 Å². The maximum Gasteiger partial charge on any atom is 0.267 e. The molecule has 0 saturated carbocycles. The van der Waals surface area contributed by atoms with Gasteiger partial charge in [-0.25, -0.2) is 13.4 Å². The lowest BCUT2D eigenvalue weighted by Crippen LogP contribution is -2.38. The van der Waals surface area contributed by atoms with Gasteiger partial charge in [-0.15, -0.1) is 11.3 Å². The molecule has 1 aliphatic heterocycles. The molecule has 0 spiro atoms. The van der Waals surface area contributed by atoms with E-state index in [4.69, 9.17) is 4.98 Å². The maximum absolute atomic E-state index is 13.1. The summed E-state index contributed by atoms with van der Waals surface area (Å²) in [5, 5.41) is 4.48. The molecule has 0 atom stereocenters. The minimum Gasteiger partial charge on any atom is -0.321 e. The third-order valence-corrected chi connectivity index (χ3v) is 9.47. The first-order chi connectivity index (χ1) is 15.9. The zero-order valence-electron chi connectivity index (χ0n) is 17.9. The number of hydrogen-bond donors (Lipinski definition) is 1. The van der Waals surface area contributed by atoms with Gasteiger partial charge in [0, 0.05) is 48.2 Å². The molecular weight excluding hydrogens is 476 g/mol. The number of amides is 1. The number of aryl methyl sites for hydroxylation is 1. The summed E-state index contributed by atoms with van der Waals surface area (Å²) in [6.45, 7) is 2.95. The van der Waals surface area contributed by atoms with Crippen molar-refractivity contribution in [2.45, 2.75) is 11.8 Å².